The third-order valence-corrected chi connectivity index (χ3v) is 2.26. The molecule has 2 nitrogen and oxygen atoms in total. The van der Waals surface area contributed by atoms with Crippen LogP contribution in [0.15, 0.2) is 36.5 Å². The van der Waals surface area contributed by atoms with Gasteiger partial charge in [0.2, 0.25) is 0 Å². The largest absolute Gasteiger partial charge is 0.418 e. The van der Waals surface area contributed by atoms with Gasteiger partial charge in [-0.15, -0.1) is 0 Å². The zero-order chi connectivity index (χ0) is 11.8. The molecule has 0 radical (unpaired) electrons. The Bertz CT molecular complexity index is 510. The van der Waals surface area contributed by atoms with Crippen molar-refractivity contribution in [3.8, 4) is 0 Å². The number of fused-ring (bicyclic) bond motifs is 1. The SMILES string of the molecule is OC(c1ccc2cccnc2c1)C(F)(F)F. The number of hydrogen-bond donors (Lipinski definition) is 1. The van der Waals surface area contributed by atoms with Crippen LogP contribution in [0.3, 0.4) is 0 Å². The molecule has 0 saturated carbocycles. The van der Waals surface area contributed by atoms with Gasteiger partial charge >= 0.3 is 6.18 Å². The van der Waals surface area contributed by atoms with E-state index >= 15 is 0 Å². The second-order valence-electron chi connectivity index (χ2n) is 3.40. The van der Waals surface area contributed by atoms with Crippen molar-refractivity contribution in [2.45, 2.75) is 12.3 Å². The second kappa shape index (κ2) is 3.75. The van der Waals surface area contributed by atoms with Crippen LogP contribution in [-0.4, -0.2) is 16.3 Å². The zero-order valence-corrected chi connectivity index (χ0v) is 8.07. The molecule has 0 saturated heterocycles. The highest BCUT2D eigenvalue weighted by atomic mass is 19.4. The van der Waals surface area contributed by atoms with Crippen molar-refractivity contribution in [3.63, 3.8) is 0 Å². The summed E-state index contributed by atoms with van der Waals surface area (Å²) in [5, 5.41) is 9.80. The predicted octanol–water partition coefficient (Wildman–Crippen LogP) is 2.83. The summed E-state index contributed by atoms with van der Waals surface area (Å²) >= 11 is 0. The molecule has 0 aliphatic carbocycles. The summed E-state index contributed by atoms with van der Waals surface area (Å²) in [5.74, 6) is 0. The maximum Gasteiger partial charge on any atom is 0.418 e. The maximum absolute atomic E-state index is 12.3. The number of halogens is 3. The lowest BCUT2D eigenvalue weighted by atomic mass is 10.1. The molecule has 1 aromatic heterocycles. The van der Waals surface area contributed by atoms with Gasteiger partial charge in [-0.25, -0.2) is 0 Å². The van der Waals surface area contributed by atoms with E-state index in [1.54, 1.807) is 12.1 Å². The first-order valence-electron chi connectivity index (χ1n) is 4.58. The summed E-state index contributed by atoms with van der Waals surface area (Å²) in [6, 6.07) is 7.44. The molecule has 0 fully saturated rings. The van der Waals surface area contributed by atoms with Crippen LogP contribution in [0.5, 0.6) is 0 Å². The number of aliphatic hydroxyl groups is 1. The molecule has 0 bridgehead atoms. The molecular weight excluding hydrogens is 219 g/mol. The van der Waals surface area contributed by atoms with E-state index in [4.69, 9.17) is 5.11 Å². The number of pyridine rings is 1. The smallest absolute Gasteiger partial charge is 0.379 e. The van der Waals surface area contributed by atoms with E-state index in [2.05, 4.69) is 4.98 Å². The predicted molar refractivity (Wildman–Crippen MR) is 52.8 cm³/mol. The Hall–Kier alpha value is -1.62. The fraction of sp³-hybridized carbons (Fsp3) is 0.182. The number of rotatable bonds is 1. The topological polar surface area (TPSA) is 33.1 Å². The molecule has 5 heteroatoms. The van der Waals surface area contributed by atoms with Crippen molar-refractivity contribution < 1.29 is 18.3 Å². The molecule has 1 heterocycles. The molecule has 2 aromatic rings. The van der Waals surface area contributed by atoms with Crippen molar-refractivity contribution in [3.05, 3.63) is 42.1 Å². The summed E-state index contributed by atoms with van der Waals surface area (Å²) in [5.41, 5.74) is 0.238. The van der Waals surface area contributed by atoms with Crippen LogP contribution >= 0.6 is 0 Å². The Morgan fingerprint density at radius 3 is 2.62 bits per heavy atom. The number of aromatic nitrogens is 1. The number of nitrogens with zero attached hydrogens (tertiary/aromatic N) is 1. The minimum absolute atomic E-state index is 0.196. The van der Waals surface area contributed by atoms with Gasteiger partial charge in [0.25, 0.3) is 0 Å². The summed E-state index contributed by atoms with van der Waals surface area (Å²) < 4.78 is 36.8. The number of hydrogen-bond acceptors (Lipinski definition) is 2. The van der Waals surface area contributed by atoms with Gasteiger partial charge < -0.3 is 5.11 Å². The second-order valence-corrected chi connectivity index (χ2v) is 3.40. The Morgan fingerprint density at radius 2 is 1.94 bits per heavy atom. The fourth-order valence-electron chi connectivity index (χ4n) is 1.44. The lowest BCUT2D eigenvalue weighted by Crippen LogP contribution is -2.20. The van der Waals surface area contributed by atoms with E-state index < -0.39 is 12.3 Å². The van der Waals surface area contributed by atoms with Crippen LogP contribution in [-0.2, 0) is 0 Å². The molecule has 84 valence electrons. The molecule has 1 unspecified atom stereocenters. The Kier molecular flexibility index (Phi) is 2.55. The summed E-state index contributed by atoms with van der Waals surface area (Å²) in [7, 11) is 0. The average molecular weight is 227 g/mol. The van der Waals surface area contributed by atoms with E-state index in [-0.39, 0.29) is 5.56 Å². The van der Waals surface area contributed by atoms with Crippen molar-refractivity contribution in [2.24, 2.45) is 0 Å². The Balaban J connectivity index is 2.47. The summed E-state index contributed by atoms with van der Waals surface area (Å²) in [4.78, 5) is 3.93. The number of benzene rings is 1. The molecule has 1 atom stereocenters. The first-order valence-corrected chi connectivity index (χ1v) is 4.58. The van der Waals surface area contributed by atoms with Crippen LogP contribution in [0.1, 0.15) is 11.7 Å². The maximum atomic E-state index is 12.3. The molecule has 1 aromatic carbocycles. The van der Waals surface area contributed by atoms with Gasteiger partial charge in [0.05, 0.1) is 5.52 Å². The van der Waals surface area contributed by atoms with Gasteiger partial charge in [0.15, 0.2) is 6.10 Å². The monoisotopic (exact) mass is 227 g/mol. The van der Waals surface area contributed by atoms with Gasteiger partial charge in [0, 0.05) is 11.6 Å². The Labute approximate surface area is 89.4 Å². The van der Waals surface area contributed by atoms with E-state index in [1.807, 2.05) is 0 Å². The third-order valence-electron chi connectivity index (χ3n) is 2.26. The number of alkyl halides is 3. The average Bonchev–Trinajstić information content (AvgIpc) is 2.26. The van der Waals surface area contributed by atoms with E-state index in [9.17, 15) is 13.2 Å². The van der Waals surface area contributed by atoms with E-state index in [1.165, 1.54) is 24.4 Å². The third kappa shape index (κ3) is 1.99. The molecular formula is C11H8F3NO. The fourth-order valence-corrected chi connectivity index (χ4v) is 1.44. The molecule has 0 spiro atoms. The molecule has 2 rings (SSSR count). The zero-order valence-electron chi connectivity index (χ0n) is 8.07. The molecule has 16 heavy (non-hydrogen) atoms. The van der Waals surface area contributed by atoms with Gasteiger partial charge in [-0.05, 0) is 17.7 Å². The molecule has 0 aliphatic heterocycles. The van der Waals surface area contributed by atoms with Gasteiger partial charge in [-0.2, -0.15) is 13.2 Å². The lowest BCUT2D eigenvalue weighted by Gasteiger charge is -2.14. The Morgan fingerprint density at radius 1 is 1.19 bits per heavy atom. The van der Waals surface area contributed by atoms with Crippen LogP contribution in [0.4, 0.5) is 13.2 Å². The highest BCUT2D eigenvalue weighted by Crippen LogP contribution is 2.33. The van der Waals surface area contributed by atoms with Gasteiger partial charge in [-0.1, -0.05) is 18.2 Å². The van der Waals surface area contributed by atoms with Crippen molar-refractivity contribution >= 4 is 10.9 Å². The van der Waals surface area contributed by atoms with Crippen molar-refractivity contribution in [2.75, 3.05) is 0 Å². The summed E-state index contributed by atoms with van der Waals surface area (Å²) in [6.45, 7) is 0. The quantitative estimate of drug-likeness (QED) is 0.812. The van der Waals surface area contributed by atoms with Crippen LogP contribution in [0, 0.1) is 0 Å². The van der Waals surface area contributed by atoms with Gasteiger partial charge in [0.1, 0.15) is 0 Å². The standard InChI is InChI=1S/C11H8F3NO/c12-11(13,14)10(16)8-4-3-7-2-1-5-15-9(7)6-8/h1-6,10,16H. The summed E-state index contributed by atoms with van der Waals surface area (Å²) in [6.07, 6.45) is -5.62. The van der Waals surface area contributed by atoms with Crippen LogP contribution in [0.25, 0.3) is 10.9 Å². The number of aliphatic hydroxyl groups excluding tert-OH is 1. The minimum Gasteiger partial charge on any atom is -0.379 e. The molecule has 0 amide bonds. The highest BCUT2D eigenvalue weighted by molar-refractivity contribution is 5.78. The first-order chi connectivity index (χ1) is 7.48. The van der Waals surface area contributed by atoms with E-state index in [0.717, 1.165) is 5.39 Å². The van der Waals surface area contributed by atoms with Gasteiger partial charge in [-0.3, -0.25) is 4.98 Å². The van der Waals surface area contributed by atoms with Crippen LogP contribution < -0.4 is 0 Å². The molecule has 1 N–H and O–H groups in total. The van der Waals surface area contributed by atoms with E-state index in [0.29, 0.717) is 5.52 Å². The lowest BCUT2D eigenvalue weighted by molar-refractivity contribution is -0.206. The first kappa shape index (κ1) is 10.9. The normalized spacial score (nSPS) is 14.0. The highest BCUT2D eigenvalue weighted by Gasteiger charge is 2.39. The van der Waals surface area contributed by atoms with Crippen LogP contribution in [0.2, 0.25) is 0 Å². The minimum atomic E-state index is -4.65. The van der Waals surface area contributed by atoms with Crippen molar-refractivity contribution in [1.29, 1.82) is 0 Å². The molecule has 0 aliphatic rings. The van der Waals surface area contributed by atoms with Crippen molar-refractivity contribution in [1.82, 2.24) is 4.98 Å².